The number of pyridine rings is 1. The summed E-state index contributed by atoms with van der Waals surface area (Å²) in [7, 11) is 0. The van der Waals surface area contributed by atoms with Crippen molar-refractivity contribution in [2.45, 2.75) is 20.3 Å². The molecule has 0 aliphatic rings. The third kappa shape index (κ3) is 1.72. The van der Waals surface area contributed by atoms with Crippen molar-refractivity contribution in [2.75, 3.05) is 0 Å². The average Bonchev–Trinajstić information content (AvgIpc) is 2.27. The van der Waals surface area contributed by atoms with Crippen LogP contribution in [0.15, 0.2) is 16.6 Å². The monoisotopic (exact) mass is 301 g/mol. The molecule has 1 nitrogen and oxygen atoms in total. The molecule has 4 heteroatoms. The molecule has 2 rings (SSSR count). The lowest BCUT2D eigenvalue weighted by atomic mass is 10.1. The number of halogens is 3. The minimum absolute atomic E-state index is 0.332. The molecular weight excluding hydrogens is 292 g/mol. The van der Waals surface area contributed by atoms with Crippen molar-refractivity contribution in [3.8, 4) is 0 Å². The van der Waals surface area contributed by atoms with Crippen LogP contribution in [0.4, 0.5) is 4.39 Å². The Morgan fingerprint density at radius 1 is 1.44 bits per heavy atom. The Labute approximate surface area is 107 Å². The molecule has 0 aliphatic heterocycles. The molecule has 0 saturated carbocycles. The van der Waals surface area contributed by atoms with E-state index in [1.165, 1.54) is 6.07 Å². The van der Waals surface area contributed by atoms with Crippen LogP contribution in [-0.2, 0) is 6.42 Å². The lowest BCUT2D eigenvalue weighted by Gasteiger charge is -2.10. The number of benzene rings is 1. The highest BCUT2D eigenvalue weighted by Gasteiger charge is 2.14. The summed E-state index contributed by atoms with van der Waals surface area (Å²) < 4.78 is 14.5. The van der Waals surface area contributed by atoms with Crippen molar-refractivity contribution in [2.24, 2.45) is 0 Å². The maximum atomic E-state index is 13.7. The van der Waals surface area contributed by atoms with Gasteiger partial charge in [0.15, 0.2) is 0 Å². The van der Waals surface area contributed by atoms with Gasteiger partial charge in [0.2, 0.25) is 0 Å². The summed E-state index contributed by atoms with van der Waals surface area (Å²) in [5, 5.41) is 0.853. The molecule has 0 spiro atoms. The van der Waals surface area contributed by atoms with Gasteiger partial charge >= 0.3 is 0 Å². The van der Waals surface area contributed by atoms with Gasteiger partial charge in [-0.15, -0.1) is 0 Å². The van der Waals surface area contributed by atoms with Crippen molar-refractivity contribution in [3.05, 3.63) is 38.7 Å². The molecule has 2 aromatic rings. The molecule has 0 saturated heterocycles. The summed E-state index contributed by atoms with van der Waals surface area (Å²) in [4.78, 5) is 4.44. The normalized spacial score (nSPS) is 11.1. The summed E-state index contributed by atoms with van der Waals surface area (Å²) in [6.07, 6.45) is 0.782. The Hall–Kier alpha value is -0.670. The number of aryl methyl sites for hydroxylation is 1. The van der Waals surface area contributed by atoms with Crippen molar-refractivity contribution >= 4 is 38.4 Å². The van der Waals surface area contributed by atoms with Gasteiger partial charge in [-0.3, -0.25) is 4.98 Å². The van der Waals surface area contributed by atoms with Crippen molar-refractivity contribution in [1.29, 1.82) is 0 Å². The Bertz CT molecular complexity index is 569. The first-order valence-electron chi connectivity index (χ1n) is 4.99. The number of rotatable bonds is 1. The number of aromatic nitrogens is 1. The van der Waals surface area contributed by atoms with Gasteiger partial charge in [0, 0.05) is 10.2 Å². The van der Waals surface area contributed by atoms with E-state index in [1.54, 1.807) is 6.07 Å². The van der Waals surface area contributed by atoms with Gasteiger partial charge < -0.3 is 0 Å². The molecular formula is C12H10BrClFN. The Balaban J connectivity index is 2.97. The van der Waals surface area contributed by atoms with E-state index in [9.17, 15) is 4.39 Å². The maximum Gasteiger partial charge on any atom is 0.134 e. The van der Waals surface area contributed by atoms with Crippen LogP contribution in [0.25, 0.3) is 10.9 Å². The first kappa shape index (κ1) is 11.8. The molecule has 1 aromatic carbocycles. The van der Waals surface area contributed by atoms with Gasteiger partial charge in [-0.25, -0.2) is 4.39 Å². The Kier molecular flexibility index (Phi) is 3.17. The first-order valence-corrected chi connectivity index (χ1v) is 6.16. The second-order valence-electron chi connectivity index (χ2n) is 3.60. The second kappa shape index (κ2) is 4.30. The topological polar surface area (TPSA) is 12.9 Å². The highest BCUT2D eigenvalue weighted by Crippen LogP contribution is 2.33. The molecule has 1 heterocycles. The third-order valence-electron chi connectivity index (χ3n) is 2.64. The third-order valence-corrected chi connectivity index (χ3v) is 3.75. The van der Waals surface area contributed by atoms with Crippen molar-refractivity contribution in [3.63, 3.8) is 0 Å². The van der Waals surface area contributed by atoms with Crippen LogP contribution in [0.3, 0.4) is 0 Å². The van der Waals surface area contributed by atoms with E-state index < -0.39 is 0 Å². The first-order chi connectivity index (χ1) is 7.56. The average molecular weight is 303 g/mol. The van der Waals surface area contributed by atoms with Crippen molar-refractivity contribution in [1.82, 2.24) is 4.98 Å². The number of nitrogens with zero attached hydrogens (tertiary/aromatic N) is 1. The van der Waals surface area contributed by atoms with Gasteiger partial charge in [0.05, 0.1) is 15.9 Å². The van der Waals surface area contributed by atoms with Gasteiger partial charge in [0.25, 0.3) is 0 Å². The zero-order chi connectivity index (χ0) is 11.9. The number of hydrogen-bond acceptors (Lipinski definition) is 1. The number of fused-ring (bicyclic) bond motifs is 1. The molecule has 0 amide bonds. The summed E-state index contributed by atoms with van der Waals surface area (Å²) >= 11 is 9.55. The molecule has 0 N–H and O–H groups in total. The smallest absolute Gasteiger partial charge is 0.134 e. The SMILES string of the molecule is CCc1nc2c(Br)ccc(F)c2c(Cl)c1C. The minimum atomic E-state index is -0.332. The highest BCUT2D eigenvalue weighted by atomic mass is 79.9. The molecule has 84 valence electrons. The maximum absolute atomic E-state index is 13.7. The predicted octanol–water partition coefficient (Wildman–Crippen LogP) is 4.66. The van der Waals surface area contributed by atoms with Crippen LogP contribution < -0.4 is 0 Å². The lowest BCUT2D eigenvalue weighted by Crippen LogP contribution is -1.97. The van der Waals surface area contributed by atoms with Crippen molar-refractivity contribution < 1.29 is 4.39 Å². The van der Waals surface area contributed by atoms with Crippen LogP contribution in [0.1, 0.15) is 18.2 Å². The van der Waals surface area contributed by atoms with Crippen LogP contribution in [-0.4, -0.2) is 4.98 Å². The second-order valence-corrected chi connectivity index (χ2v) is 4.84. The Morgan fingerprint density at radius 3 is 2.75 bits per heavy atom. The molecule has 0 atom stereocenters. The fourth-order valence-corrected chi connectivity index (χ4v) is 2.44. The van der Waals surface area contributed by atoms with Crippen LogP contribution >= 0.6 is 27.5 Å². The summed E-state index contributed by atoms with van der Waals surface area (Å²) in [6.45, 7) is 3.87. The van der Waals surface area contributed by atoms with Crippen LogP contribution in [0.5, 0.6) is 0 Å². The lowest BCUT2D eigenvalue weighted by molar-refractivity contribution is 0.639. The highest BCUT2D eigenvalue weighted by molar-refractivity contribution is 9.10. The molecule has 0 fully saturated rings. The van der Waals surface area contributed by atoms with Crippen LogP contribution in [0, 0.1) is 12.7 Å². The molecule has 16 heavy (non-hydrogen) atoms. The molecule has 0 bridgehead atoms. The van der Waals surface area contributed by atoms with E-state index in [4.69, 9.17) is 11.6 Å². The molecule has 1 aromatic heterocycles. The van der Waals surface area contributed by atoms with Gasteiger partial charge in [-0.1, -0.05) is 18.5 Å². The minimum Gasteiger partial charge on any atom is -0.251 e. The fourth-order valence-electron chi connectivity index (χ4n) is 1.74. The van der Waals surface area contributed by atoms with E-state index in [2.05, 4.69) is 20.9 Å². The summed E-state index contributed by atoms with van der Waals surface area (Å²) in [5.74, 6) is -0.332. The van der Waals surface area contributed by atoms with Gasteiger partial charge in [0.1, 0.15) is 5.82 Å². The number of hydrogen-bond donors (Lipinski definition) is 0. The van der Waals surface area contributed by atoms with E-state index in [0.717, 1.165) is 22.2 Å². The molecule has 0 radical (unpaired) electrons. The van der Waals surface area contributed by atoms with E-state index in [0.29, 0.717) is 15.9 Å². The van der Waals surface area contributed by atoms with Gasteiger partial charge in [-0.05, 0) is 47.0 Å². The fraction of sp³-hybridized carbons (Fsp3) is 0.250. The van der Waals surface area contributed by atoms with E-state index >= 15 is 0 Å². The summed E-state index contributed by atoms with van der Waals surface area (Å²) in [6, 6.07) is 3.04. The van der Waals surface area contributed by atoms with Crippen LogP contribution in [0.2, 0.25) is 5.02 Å². The zero-order valence-corrected chi connectivity index (χ0v) is 11.3. The van der Waals surface area contributed by atoms with E-state index in [-0.39, 0.29) is 5.82 Å². The largest absolute Gasteiger partial charge is 0.251 e. The molecule has 0 unspecified atom stereocenters. The van der Waals surface area contributed by atoms with Gasteiger partial charge in [-0.2, -0.15) is 0 Å². The molecule has 0 aliphatic carbocycles. The standard InChI is InChI=1S/C12H10BrClFN/c1-3-9-6(2)11(14)10-8(15)5-4-7(13)12(10)16-9/h4-5H,3H2,1-2H3. The Morgan fingerprint density at radius 2 is 2.12 bits per heavy atom. The predicted molar refractivity (Wildman–Crippen MR) is 68.5 cm³/mol. The van der Waals surface area contributed by atoms with E-state index in [1.807, 2.05) is 13.8 Å². The summed E-state index contributed by atoms with van der Waals surface area (Å²) in [5.41, 5.74) is 2.35. The zero-order valence-electron chi connectivity index (χ0n) is 8.94. The quantitative estimate of drug-likeness (QED) is 0.746.